The highest BCUT2D eigenvalue weighted by Gasteiger charge is 2.35. The van der Waals surface area contributed by atoms with E-state index in [1.807, 2.05) is 10.6 Å². The molecule has 2 aliphatic rings. The number of carbonyl (C=O) groups excluding carboxylic acids is 1. The second kappa shape index (κ2) is 8.82. The number of hydrogen-bond acceptors (Lipinski definition) is 6. The molecule has 3 heterocycles. The number of carbonyl (C=O) groups is 1. The fraction of sp³-hybridized carbons (Fsp3) is 0.318. The Balaban J connectivity index is 1.43. The molecule has 2 aromatic heterocycles. The van der Waals surface area contributed by atoms with Crippen molar-refractivity contribution in [3.8, 4) is 5.75 Å². The van der Waals surface area contributed by atoms with E-state index in [1.54, 1.807) is 12.3 Å². The number of nitrogens with one attached hydrogen (secondary N) is 2. The van der Waals surface area contributed by atoms with E-state index in [1.165, 1.54) is 24.3 Å². The molecular weight excluding hydrogens is 472 g/mol. The molecule has 3 aromatic rings. The number of aromatic amines is 1. The van der Waals surface area contributed by atoms with E-state index in [0.717, 1.165) is 17.0 Å². The molecule has 0 saturated heterocycles. The molecule has 2 atom stereocenters. The van der Waals surface area contributed by atoms with Crippen molar-refractivity contribution in [1.82, 2.24) is 19.7 Å². The van der Waals surface area contributed by atoms with Crippen LogP contribution in [0.3, 0.4) is 0 Å². The van der Waals surface area contributed by atoms with Gasteiger partial charge < -0.3 is 24.5 Å². The van der Waals surface area contributed by atoms with E-state index in [9.17, 15) is 18.7 Å². The van der Waals surface area contributed by atoms with Crippen LogP contribution in [0.1, 0.15) is 28.9 Å². The number of imidazole rings is 1. The van der Waals surface area contributed by atoms with Crippen molar-refractivity contribution < 1.29 is 28.2 Å². The van der Waals surface area contributed by atoms with Crippen LogP contribution >= 0.6 is 11.6 Å². The van der Waals surface area contributed by atoms with Gasteiger partial charge in [-0.3, -0.25) is 9.89 Å². The number of fused-ring (bicyclic) bond motifs is 3. The van der Waals surface area contributed by atoms with Crippen molar-refractivity contribution >= 4 is 28.8 Å². The third-order valence-electron chi connectivity index (χ3n) is 5.69. The van der Waals surface area contributed by atoms with Crippen LogP contribution < -0.4 is 10.1 Å². The molecule has 0 spiro atoms. The maximum absolute atomic E-state index is 13.1. The summed E-state index contributed by atoms with van der Waals surface area (Å²) < 4.78 is 37.4. The summed E-state index contributed by atoms with van der Waals surface area (Å²) in [5.74, 6) is -0.293. The molecule has 0 saturated carbocycles. The van der Waals surface area contributed by atoms with Gasteiger partial charge in [0.2, 0.25) is 5.91 Å². The second-order valence-electron chi connectivity index (χ2n) is 7.97. The summed E-state index contributed by atoms with van der Waals surface area (Å²) in [7, 11) is 0. The van der Waals surface area contributed by atoms with E-state index in [4.69, 9.17) is 21.3 Å². The molecule has 178 valence electrons. The zero-order chi connectivity index (χ0) is 23.9. The number of ether oxygens (including phenoxy) is 2. The molecule has 1 amide bonds. The van der Waals surface area contributed by atoms with E-state index < -0.39 is 11.5 Å². The lowest BCUT2D eigenvalue weighted by Gasteiger charge is -2.28. The van der Waals surface area contributed by atoms with Crippen LogP contribution in [0.15, 0.2) is 42.6 Å². The first-order valence-electron chi connectivity index (χ1n) is 10.5. The average molecular weight is 492 g/mol. The molecule has 0 radical (unpaired) electrons. The lowest BCUT2D eigenvalue weighted by atomic mass is 9.88. The summed E-state index contributed by atoms with van der Waals surface area (Å²) in [6.45, 7) is 0.569. The predicted molar refractivity (Wildman–Crippen MR) is 117 cm³/mol. The third kappa shape index (κ3) is 4.41. The van der Waals surface area contributed by atoms with Gasteiger partial charge in [-0.05, 0) is 30.3 Å². The lowest BCUT2D eigenvalue weighted by molar-refractivity contribution is -0.118. The zero-order valence-electron chi connectivity index (χ0n) is 17.7. The molecule has 1 aliphatic heterocycles. The maximum Gasteiger partial charge on any atom is 0.487 e. The molecular formula is C22H20ClF2N5O4. The second-order valence-corrected chi connectivity index (χ2v) is 8.41. The first-order chi connectivity index (χ1) is 16.3. The van der Waals surface area contributed by atoms with E-state index >= 15 is 0 Å². The van der Waals surface area contributed by atoms with Crippen molar-refractivity contribution in [2.75, 3.05) is 18.5 Å². The highest BCUT2D eigenvalue weighted by Crippen LogP contribution is 2.37. The number of alkyl halides is 3. The standard InChI is InChI=1S/C22H20ClF2N5O4/c23-22(24,25)34-15-3-1-13(2-4-15)27-21(32)12-7-16(17-5-6-26-29-17)20-18(8-12)28-19-11-33-10-14(9-31)30(19)20/h1-7,12,14,31H,8-11H2,(H,26,29)(H,27,32)/t12?,14-/m1/s1. The molecule has 34 heavy (non-hydrogen) atoms. The highest BCUT2D eigenvalue weighted by molar-refractivity contribution is 6.20. The number of aliphatic hydroxyl groups excluding tert-OH is 1. The Kier molecular flexibility index (Phi) is 5.84. The van der Waals surface area contributed by atoms with Crippen molar-refractivity contribution in [2.45, 2.75) is 24.6 Å². The number of aromatic nitrogens is 4. The maximum atomic E-state index is 13.1. The lowest BCUT2D eigenvalue weighted by Crippen LogP contribution is -2.29. The number of nitrogens with zero attached hydrogens (tertiary/aromatic N) is 3. The molecule has 3 N–H and O–H groups in total. The van der Waals surface area contributed by atoms with Crippen molar-refractivity contribution in [2.24, 2.45) is 5.92 Å². The number of benzene rings is 1. The predicted octanol–water partition coefficient (Wildman–Crippen LogP) is 3.08. The molecule has 5 rings (SSSR count). The van der Waals surface area contributed by atoms with Gasteiger partial charge in [0.25, 0.3) is 0 Å². The molecule has 0 fully saturated rings. The SMILES string of the molecule is O=C(Nc1ccc(OC(F)(F)Cl)cc1)C1C=C(c2ccn[nH]2)c2c(nc3n2[C@H](CO)COC3)C1. The Labute approximate surface area is 197 Å². The number of aliphatic hydroxyl groups is 1. The first-order valence-corrected chi connectivity index (χ1v) is 10.9. The van der Waals surface area contributed by atoms with Crippen LogP contribution in [0.2, 0.25) is 0 Å². The fourth-order valence-electron chi connectivity index (χ4n) is 4.26. The number of anilines is 1. The number of hydrogen-bond donors (Lipinski definition) is 3. The monoisotopic (exact) mass is 491 g/mol. The summed E-state index contributed by atoms with van der Waals surface area (Å²) in [5.41, 5.74) is -0.384. The molecule has 9 nitrogen and oxygen atoms in total. The normalized spacial score (nSPS) is 19.7. The third-order valence-corrected chi connectivity index (χ3v) is 5.77. The Morgan fingerprint density at radius 1 is 1.35 bits per heavy atom. The molecule has 1 aliphatic carbocycles. The van der Waals surface area contributed by atoms with Crippen LogP contribution in [-0.2, 0) is 22.6 Å². The van der Waals surface area contributed by atoms with Crippen molar-refractivity contribution in [3.05, 3.63) is 65.5 Å². The van der Waals surface area contributed by atoms with Crippen LogP contribution in [0.25, 0.3) is 5.57 Å². The van der Waals surface area contributed by atoms with E-state index in [-0.39, 0.29) is 24.3 Å². The summed E-state index contributed by atoms with van der Waals surface area (Å²) >= 11 is 4.78. The molecule has 12 heteroatoms. The van der Waals surface area contributed by atoms with Crippen LogP contribution in [0.5, 0.6) is 5.75 Å². The summed E-state index contributed by atoms with van der Waals surface area (Å²) in [6.07, 6.45) is 3.81. The van der Waals surface area contributed by atoms with Crippen molar-refractivity contribution in [3.63, 3.8) is 0 Å². The minimum absolute atomic E-state index is 0.106. The Hall–Kier alpha value is -3.28. The topological polar surface area (TPSA) is 114 Å². The minimum atomic E-state index is -3.82. The number of rotatable bonds is 6. The van der Waals surface area contributed by atoms with Gasteiger partial charge in [-0.15, -0.1) is 8.78 Å². The van der Waals surface area contributed by atoms with Gasteiger partial charge in [-0.25, -0.2) is 4.98 Å². The van der Waals surface area contributed by atoms with Gasteiger partial charge in [0, 0.05) is 35.5 Å². The Morgan fingerprint density at radius 3 is 2.82 bits per heavy atom. The van der Waals surface area contributed by atoms with Gasteiger partial charge in [0.05, 0.1) is 42.3 Å². The summed E-state index contributed by atoms with van der Waals surface area (Å²) in [6, 6.07) is 6.99. The smallest absolute Gasteiger partial charge is 0.420 e. The minimum Gasteiger partial charge on any atom is -0.420 e. The van der Waals surface area contributed by atoms with Gasteiger partial charge in [0.15, 0.2) is 0 Å². The van der Waals surface area contributed by atoms with Gasteiger partial charge in [-0.2, -0.15) is 5.10 Å². The quantitative estimate of drug-likeness (QED) is 0.457. The van der Waals surface area contributed by atoms with Crippen LogP contribution in [0, 0.1) is 5.92 Å². The van der Waals surface area contributed by atoms with E-state index in [0.29, 0.717) is 36.8 Å². The molecule has 0 bridgehead atoms. The van der Waals surface area contributed by atoms with Gasteiger partial charge >= 0.3 is 5.57 Å². The van der Waals surface area contributed by atoms with Crippen LogP contribution in [-0.4, -0.2) is 49.5 Å². The summed E-state index contributed by atoms with van der Waals surface area (Å²) in [5, 5.41) is 19.6. The largest absolute Gasteiger partial charge is 0.487 e. The van der Waals surface area contributed by atoms with Crippen molar-refractivity contribution in [1.29, 1.82) is 0 Å². The number of halogens is 3. The number of H-pyrrole nitrogens is 1. The van der Waals surface area contributed by atoms with Crippen LogP contribution in [0.4, 0.5) is 14.5 Å². The zero-order valence-corrected chi connectivity index (χ0v) is 18.4. The average Bonchev–Trinajstić information content (AvgIpc) is 3.46. The highest BCUT2D eigenvalue weighted by atomic mass is 35.5. The fourth-order valence-corrected chi connectivity index (χ4v) is 4.35. The first kappa shape index (κ1) is 22.5. The summed E-state index contributed by atoms with van der Waals surface area (Å²) in [4.78, 5) is 17.8. The van der Waals surface area contributed by atoms with Gasteiger partial charge in [0.1, 0.15) is 18.2 Å². The van der Waals surface area contributed by atoms with Gasteiger partial charge in [-0.1, -0.05) is 6.08 Å². The Bertz CT molecular complexity index is 1220. The number of amides is 1. The molecule has 1 unspecified atom stereocenters. The van der Waals surface area contributed by atoms with E-state index in [2.05, 4.69) is 20.3 Å². The molecule has 1 aromatic carbocycles. The Morgan fingerprint density at radius 2 is 2.15 bits per heavy atom.